The third-order valence-corrected chi connectivity index (χ3v) is 3.22. The monoisotopic (exact) mass is 295 g/mol. The summed E-state index contributed by atoms with van der Waals surface area (Å²) < 4.78 is 5.63. The van der Waals surface area contributed by atoms with E-state index >= 15 is 0 Å². The largest absolute Gasteiger partial charge is 0.436 e. The number of ether oxygens (including phenoxy) is 1. The molecule has 3 rings (SSSR count). The normalized spacial score (nSPS) is 10.8. The molecule has 2 heterocycles. The van der Waals surface area contributed by atoms with Crippen LogP contribution in [0.25, 0.3) is 11.0 Å². The number of H-pyrrole nitrogens is 1. The predicted molar refractivity (Wildman–Crippen MR) is 72.6 cm³/mol. The number of nitrogens with one attached hydrogen (secondary N) is 1. The fourth-order valence-corrected chi connectivity index (χ4v) is 1.90. The van der Waals surface area contributed by atoms with Gasteiger partial charge in [-0.3, -0.25) is 5.10 Å². The second-order valence-corrected chi connectivity index (χ2v) is 4.46. The molecular formula is C11H7Cl2N5O. The summed E-state index contributed by atoms with van der Waals surface area (Å²) in [6.07, 6.45) is 1.54. The summed E-state index contributed by atoms with van der Waals surface area (Å²) in [7, 11) is 0. The molecule has 0 aliphatic heterocycles. The van der Waals surface area contributed by atoms with Crippen molar-refractivity contribution in [2.45, 2.75) is 0 Å². The summed E-state index contributed by atoms with van der Waals surface area (Å²) in [6, 6.07) is 5.07. The van der Waals surface area contributed by atoms with Crippen LogP contribution in [0.15, 0.2) is 24.4 Å². The van der Waals surface area contributed by atoms with E-state index < -0.39 is 0 Å². The van der Waals surface area contributed by atoms with E-state index in [9.17, 15) is 0 Å². The van der Waals surface area contributed by atoms with Crippen LogP contribution in [-0.2, 0) is 0 Å². The van der Waals surface area contributed by atoms with Gasteiger partial charge >= 0.3 is 0 Å². The van der Waals surface area contributed by atoms with Crippen LogP contribution in [-0.4, -0.2) is 20.2 Å². The van der Waals surface area contributed by atoms with Gasteiger partial charge in [-0.1, -0.05) is 29.3 Å². The summed E-state index contributed by atoms with van der Waals surface area (Å²) in [5, 5.41) is 7.85. The topological polar surface area (TPSA) is 89.7 Å². The number of benzene rings is 1. The van der Waals surface area contributed by atoms with Crippen LogP contribution in [0.5, 0.6) is 11.6 Å². The molecule has 2 aromatic heterocycles. The van der Waals surface area contributed by atoms with Crippen LogP contribution < -0.4 is 10.5 Å². The molecule has 0 radical (unpaired) electrons. The third-order valence-electron chi connectivity index (χ3n) is 2.41. The van der Waals surface area contributed by atoms with Crippen molar-refractivity contribution in [3.63, 3.8) is 0 Å². The molecule has 0 spiro atoms. The molecular weight excluding hydrogens is 289 g/mol. The Morgan fingerprint density at radius 1 is 1.21 bits per heavy atom. The molecule has 0 aliphatic rings. The van der Waals surface area contributed by atoms with E-state index in [2.05, 4.69) is 20.2 Å². The minimum Gasteiger partial charge on any atom is -0.436 e. The minimum atomic E-state index is 0.0740. The first kappa shape index (κ1) is 12.0. The lowest BCUT2D eigenvalue weighted by atomic mass is 10.3. The van der Waals surface area contributed by atoms with Gasteiger partial charge in [-0.25, -0.2) is 0 Å². The Morgan fingerprint density at radius 2 is 2.05 bits per heavy atom. The van der Waals surface area contributed by atoms with Gasteiger partial charge in [0.2, 0.25) is 11.8 Å². The molecule has 8 heteroatoms. The maximum Gasteiger partial charge on any atom is 0.235 e. The van der Waals surface area contributed by atoms with E-state index in [1.807, 2.05) is 0 Å². The highest BCUT2D eigenvalue weighted by molar-refractivity contribution is 6.42. The summed E-state index contributed by atoms with van der Waals surface area (Å²) >= 11 is 12.0. The van der Waals surface area contributed by atoms with Crippen LogP contribution in [0.1, 0.15) is 0 Å². The van der Waals surface area contributed by atoms with Gasteiger partial charge in [-0.2, -0.15) is 15.1 Å². The lowest BCUT2D eigenvalue weighted by molar-refractivity contribution is 0.469. The van der Waals surface area contributed by atoms with Crippen molar-refractivity contribution >= 4 is 40.2 Å². The molecule has 0 atom stereocenters. The molecule has 0 unspecified atom stereocenters. The quantitative estimate of drug-likeness (QED) is 0.758. The number of anilines is 1. The Kier molecular flexibility index (Phi) is 2.88. The van der Waals surface area contributed by atoms with E-state index in [1.54, 1.807) is 24.4 Å². The van der Waals surface area contributed by atoms with Crippen molar-refractivity contribution < 1.29 is 4.74 Å². The lowest BCUT2D eigenvalue weighted by Crippen LogP contribution is -1.98. The minimum absolute atomic E-state index is 0.0740. The Labute approximate surface area is 117 Å². The van der Waals surface area contributed by atoms with Gasteiger partial charge in [0, 0.05) is 0 Å². The molecule has 96 valence electrons. The lowest BCUT2D eigenvalue weighted by Gasteiger charge is -2.08. The number of aromatic amines is 1. The van der Waals surface area contributed by atoms with Crippen molar-refractivity contribution in [3.05, 3.63) is 34.4 Å². The van der Waals surface area contributed by atoms with E-state index in [0.717, 1.165) is 0 Å². The average Bonchev–Trinajstić information content (AvgIpc) is 2.83. The zero-order chi connectivity index (χ0) is 13.4. The number of halogens is 2. The molecule has 3 aromatic rings. The second-order valence-electron chi connectivity index (χ2n) is 3.67. The second kappa shape index (κ2) is 4.56. The fraction of sp³-hybridized carbons (Fsp3) is 0. The molecule has 0 aliphatic carbocycles. The van der Waals surface area contributed by atoms with Crippen molar-refractivity contribution in [3.8, 4) is 11.6 Å². The first-order valence-corrected chi connectivity index (χ1v) is 5.99. The average molecular weight is 296 g/mol. The summed E-state index contributed by atoms with van der Waals surface area (Å²) in [6.45, 7) is 0. The number of hydrogen-bond donors (Lipinski definition) is 2. The van der Waals surface area contributed by atoms with Crippen LogP contribution in [0.3, 0.4) is 0 Å². The Hall–Kier alpha value is -2.05. The van der Waals surface area contributed by atoms with Crippen molar-refractivity contribution in [1.82, 2.24) is 20.2 Å². The summed E-state index contributed by atoms with van der Waals surface area (Å²) in [4.78, 5) is 8.01. The number of rotatable bonds is 2. The maximum atomic E-state index is 6.05. The van der Waals surface area contributed by atoms with Crippen LogP contribution >= 0.6 is 23.2 Å². The highest BCUT2D eigenvalue weighted by Gasteiger charge is 2.13. The molecule has 0 saturated heterocycles. The zero-order valence-corrected chi connectivity index (χ0v) is 10.9. The highest BCUT2D eigenvalue weighted by atomic mass is 35.5. The molecule has 6 nitrogen and oxygen atoms in total. The van der Waals surface area contributed by atoms with Crippen molar-refractivity contribution in [2.24, 2.45) is 0 Å². The summed E-state index contributed by atoms with van der Waals surface area (Å²) in [5.74, 6) is 0.722. The van der Waals surface area contributed by atoms with Gasteiger partial charge in [0.05, 0.1) is 11.2 Å². The smallest absolute Gasteiger partial charge is 0.235 e. The van der Waals surface area contributed by atoms with Crippen molar-refractivity contribution in [2.75, 3.05) is 5.73 Å². The van der Waals surface area contributed by atoms with Gasteiger partial charge < -0.3 is 10.5 Å². The molecule has 19 heavy (non-hydrogen) atoms. The van der Waals surface area contributed by atoms with Crippen LogP contribution in [0.2, 0.25) is 10.0 Å². The van der Waals surface area contributed by atoms with Gasteiger partial charge in [0.15, 0.2) is 5.65 Å². The molecule has 0 fully saturated rings. The number of nitrogens with two attached hydrogens (primary N) is 1. The zero-order valence-electron chi connectivity index (χ0n) is 9.39. The number of fused-ring (bicyclic) bond motifs is 1. The Bertz CT molecular complexity index is 758. The highest BCUT2D eigenvalue weighted by Crippen LogP contribution is 2.35. The van der Waals surface area contributed by atoms with E-state index in [-0.39, 0.29) is 11.8 Å². The molecule has 0 amide bonds. The summed E-state index contributed by atoms with van der Waals surface area (Å²) in [5.41, 5.74) is 6.08. The van der Waals surface area contributed by atoms with Crippen LogP contribution in [0.4, 0.5) is 5.95 Å². The van der Waals surface area contributed by atoms with Gasteiger partial charge in [0.25, 0.3) is 0 Å². The SMILES string of the molecule is Nc1nc(Oc2cccc(Cl)c2Cl)c2cn[nH]c2n1. The first-order chi connectivity index (χ1) is 9.15. The standard InChI is InChI=1S/C11H7Cl2N5O/c12-6-2-1-3-7(8(6)13)19-10-5-4-15-18-9(5)16-11(14)17-10/h1-4H,(H3,14,15,16,17,18). The predicted octanol–water partition coefficient (Wildman–Crippen LogP) is 3.03. The molecule has 0 saturated carbocycles. The third kappa shape index (κ3) is 2.16. The molecule has 3 N–H and O–H groups in total. The van der Waals surface area contributed by atoms with Gasteiger partial charge in [-0.05, 0) is 12.1 Å². The Balaban J connectivity index is 2.10. The van der Waals surface area contributed by atoms with Gasteiger partial charge in [-0.15, -0.1) is 0 Å². The number of aromatic nitrogens is 4. The van der Waals surface area contributed by atoms with E-state index in [0.29, 0.717) is 26.8 Å². The van der Waals surface area contributed by atoms with Gasteiger partial charge in [0.1, 0.15) is 16.2 Å². The number of hydrogen-bond acceptors (Lipinski definition) is 5. The molecule has 0 bridgehead atoms. The maximum absolute atomic E-state index is 6.05. The fourth-order valence-electron chi connectivity index (χ4n) is 1.57. The van der Waals surface area contributed by atoms with E-state index in [4.69, 9.17) is 33.7 Å². The Morgan fingerprint density at radius 3 is 2.89 bits per heavy atom. The number of nitrogen functional groups attached to an aromatic ring is 1. The van der Waals surface area contributed by atoms with Crippen molar-refractivity contribution in [1.29, 1.82) is 0 Å². The number of nitrogens with zero attached hydrogens (tertiary/aromatic N) is 3. The van der Waals surface area contributed by atoms with E-state index in [1.165, 1.54) is 0 Å². The van der Waals surface area contributed by atoms with Crippen LogP contribution in [0, 0.1) is 0 Å². The molecule has 1 aromatic carbocycles. The first-order valence-electron chi connectivity index (χ1n) is 5.23.